The molecule has 3 aromatic carbocycles. The van der Waals surface area contributed by atoms with Crippen LogP contribution in [0.2, 0.25) is 0 Å². The maximum absolute atomic E-state index is 8.67. The molecule has 94 valence electrons. The topological polar surface area (TPSA) is 0 Å². The molecule has 0 spiro atoms. The van der Waals surface area contributed by atoms with E-state index < -0.39 is 54.4 Å². The fraction of sp³-hybridized carbons (Fsp3) is 0.158. The molecule has 0 aliphatic rings. The summed E-state index contributed by atoms with van der Waals surface area (Å²) in [6.07, 6.45) is 0. The Balaban J connectivity index is 2.75. The molecule has 3 rings (SSSR count). The van der Waals surface area contributed by atoms with Crippen molar-refractivity contribution in [2.75, 3.05) is 0 Å². The van der Waals surface area contributed by atoms with Crippen LogP contribution in [0.4, 0.5) is 0 Å². The first-order chi connectivity index (χ1) is 13.8. The van der Waals surface area contributed by atoms with Crippen LogP contribution in [0.5, 0.6) is 0 Å². The molecular formula is C19H18. The van der Waals surface area contributed by atoms with Gasteiger partial charge in [-0.25, -0.2) is 0 Å². The third kappa shape index (κ3) is 2.26. The van der Waals surface area contributed by atoms with Gasteiger partial charge < -0.3 is 0 Å². The first-order valence-electron chi connectivity index (χ1n) is 11.4. The molecule has 3 aromatic rings. The summed E-state index contributed by atoms with van der Waals surface area (Å²) in [4.78, 5) is 0. The average molecular weight is 257 g/mol. The lowest BCUT2D eigenvalue weighted by Crippen LogP contribution is -1.88. The van der Waals surface area contributed by atoms with Crippen molar-refractivity contribution < 1.29 is 15.1 Å². The monoisotopic (exact) mass is 257 g/mol. The molecule has 0 atom stereocenters. The van der Waals surface area contributed by atoms with Crippen molar-refractivity contribution in [1.82, 2.24) is 0 Å². The molecule has 0 saturated heterocycles. The summed E-state index contributed by atoms with van der Waals surface area (Å²) in [6, 6.07) is -5.63. The highest BCUT2D eigenvalue weighted by molar-refractivity contribution is 5.97. The maximum Gasteiger partial charge on any atom is 0.0632 e. The molecule has 0 aliphatic heterocycles. The normalized spacial score (nSPS) is 19.2. The highest BCUT2D eigenvalue weighted by Crippen LogP contribution is 2.30. The van der Waals surface area contributed by atoms with Gasteiger partial charge in [-0.05, 0) is 33.4 Å². The van der Waals surface area contributed by atoms with E-state index in [0.717, 1.165) is 0 Å². The van der Waals surface area contributed by atoms with Crippen LogP contribution in [-0.2, 0) is 0 Å². The summed E-state index contributed by atoms with van der Waals surface area (Å²) in [5.41, 5.74) is -0.425. The molecular weight excluding hydrogens is 228 g/mol. The van der Waals surface area contributed by atoms with Gasteiger partial charge in [-0.2, -0.15) is 0 Å². The maximum atomic E-state index is 8.67. The van der Waals surface area contributed by atoms with E-state index in [-0.39, 0.29) is 45.5 Å². The van der Waals surface area contributed by atoms with Crippen LogP contribution in [0, 0.1) is 0 Å². The van der Waals surface area contributed by atoms with E-state index in [1.807, 2.05) is 0 Å². The molecule has 0 nitrogen and oxygen atoms in total. The first-order valence-corrected chi connectivity index (χ1v) is 5.94. The quantitative estimate of drug-likeness (QED) is 0.558. The van der Waals surface area contributed by atoms with Crippen molar-refractivity contribution in [2.45, 2.75) is 19.8 Å². The van der Waals surface area contributed by atoms with Crippen molar-refractivity contribution in [2.24, 2.45) is 0 Å². The Labute approximate surface area is 130 Å². The van der Waals surface area contributed by atoms with E-state index in [4.69, 9.17) is 15.1 Å². The molecule has 0 unspecified atom stereocenters. The number of hydrogen-bond acceptors (Lipinski definition) is 0. The van der Waals surface area contributed by atoms with E-state index in [0.29, 0.717) is 0 Å². The lowest BCUT2D eigenvalue weighted by molar-refractivity contribution is 0.869. The van der Waals surface area contributed by atoms with Gasteiger partial charge in [0.15, 0.2) is 0 Å². The summed E-state index contributed by atoms with van der Waals surface area (Å²) in [5.74, 6) is -0.342. The minimum Gasteiger partial charge on any atom is -0.0622 e. The van der Waals surface area contributed by atoms with Crippen molar-refractivity contribution in [1.29, 1.82) is 0 Å². The van der Waals surface area contributed by atoms with Crippen LogP contribution in [0.1, 0.15) is 40.4 Å². The Kier molecular flexibility index (Phi) is 1.23. The van der Waals surface area contributed by atoms with Crippen molar-refractivity contribution in [3.05, 3.63) is 72.0 Å². The molecule has 19 heavy (non-hydrogen) atoms. The van der Waals surface area contributed by atoms with Gasteiger partial charge in [-0.3, -0.25) is 0 Å². The van der Waals surface area contributed by atoms with Crippen molar-refractivity contribution in [3.8, 4) is 11.1 Å². The zero-order valence-corrected chi connectivity index (χ0v) is 10.6. The van der Waals surface area contributed by atoms with Crippen LogP contribution >= 0.6 is 0 Å². The molecule has 0 heteroatoms. The Morgan fingerprint density at radius 3 is 2.37 bits per heavy atom. The second kappa shape index (κ2) is 4.89. The molecule has 0 saturated carbocycles. The predicted molar refractivity (Wildman–Crippen MR) is 83.5 cm³/mol. The minimum absolute atomic E-state index is 0.121. The van der Waals surface area contributed by atoms with Gasteiger partial charge in [-0.15, -0.1) is 0 Å². The summed E-state index contributed by atoms with van der Waals surface area (Å²) < 4.78 is 90.3. The average Bonchev–Trinajstić information content (AvgIpc) is 2.68. The van der Waals surface area contributed by atoms with Gasteiger partial charge in [0.1, 0.15) is 0 Å². The largest absolute Gasteiger partial charge is 0.0632 e. The summed E-state index contributed by atoms with van der Waals surface area (Å²) in [5, 5.41) is -0.332. The second-order valence-corrected chi connectivity index (χ2v) is 4.44. The van der Waals surface area contributed by atoms with Crippen LogP contribution in [0.3, 0.4) is 0 Å². The second-order valence-electron chi connectivity index (χ2n) is 4.44. The van der Waals surface area contributed by atoms with Gasteiger partial charge in [0.05, 0.1) is 15.1 Å². The van der Waals surface area contributed by atoms with E-state index in [2.05, 4.69) is 0 Å². The van der Waals surface area contributed by atoms with Crippen LogP contribution < -0.4 is 0 Å². The summed E-state index contributed by atoms with van der Waals surface area (Å²) in [7, 11) is 0. The summed E-state index contributed by atoms with van der Waals surface area (Å²) >= 11 is 0. The Morgan fingerprint density at radius 1 is 0.842 bits per heavy atom. The molecule has 0 aromatic heterocycles. The van der Waals surface area contributed by atoms with E-state index >= 15 is 0 Å². The Hall–Kier alpha value is -2.08. The highest BCUT2D eigenvalue weighted by atomic mass is 14.1. The van der Waals surface area contributed by atoms with Gasteiger partial charge >= 0.3 is 0 Å². The Bertz CT molecular complexity index is 1200. The molecule has 0 amide bonds. The standard InChI is InChI=1S/C19H18/c1-14(2)17-12-11-16-9-6-10-18(19(16)13-17)15-7-4-3-5-8-15/h3-14H,1-2H3/i3D,4D,5D,6D,7D,8D,9D,10D,11D,12D,13D. The van der Waals surface area contributed by atoms with E-state index in [1.54, 1.807) is 13.8 Å². The fourth-order valence-corrected chi connectivity index (χ4v) is 1.77. The molecule has 0 N–H and O–H groups in total. The first kappa shape index (κ1) is 4.79. The summed E-state index contributed by atoms with van der Waals surface area (Å²) in [6.45, 7) is 3.45. The Morgan fingerprint density at radius 2 is 1.63 bits per heavy atom. The zero-order chi connectivity index (χ0) is 22.8. The van der Waals surface area contributed by atoms with E-state index in [9.17, 15) is 0 Å². The smallest absolute Gasteiger partial charge is 0.0622 e. The van der Waals surface area contributed by atoms with Crippen LogP contribution in [0.25, 0.3) is 21.9 Å². The predicted octanol–water partition coefficient (Wildman–Crippen LogP) is 5.63. The number of benzene rings is 3. The molecule has 0 fully saturated rings. The van der Waals surface area contributed by atoms with Crippen molar-refractivity contribution >= 4 is 10.8 Å². The van der Waals surface area contributed by atoms with Gasteiger partial charge in [0, 0.05) is 0 Å². The van der Waals surface area contributed by atoms with Crippen LogP contribution in [-0.4, -0.2) is 0 Å². The molecule has 0 radical (unpaired) electrons. The SMILES string of the molecule is [2H]c1c([2H])c([2H])c(-c2c([2H])c([2H])c([2H])c3c([2H])c([2H])c(C(C)C)c([2H])c23)c([2H])c1[2H]. The van der Waals surface area contributed by atoms with Gasteiger partial charge in [0.2, 0.25) is 0 Å². The van der Waals surface area contributed by atoms with E-state index in [1.165, 1.54) is 0 Å². The van der Waals surface area contributed by atoms with Gasteiger partial charge in [-0.1, -0.05) is 80.3 Å². The molecule has 0 bridgehead atoms. The third-order valence-corrected chi connectivity index (χ3v) is 2.78. The number of hydrogen-bond donors (Lipinski definition) is 0. The van der Waals surface area contributed by atoms with Gasteiger partial charge in [0.25, 0.3) is 0 Å². The van der Waals surface area contributed by atoms with Crippen molar-refractivity contribution in [3.63, 3.8) is 0 Å². The number of fused-ring (bicyclic) bond motifs is 1. The van der Waals surface area contributed by atoms with Crippen LogP contribution in [0.15, 0.2) is 66.5 Å². The minimum atomic E-state index is -0.626. The molecule has 0 aliphatic carbocycles. The lowest BCUT2D eigenvalue weighted by atomic mass is 9.94. The zero-order valence-electron chi connectivity index (χ0n) is 21.6. The lowest BCUT2D eigenvalue weighted by Gasteiger charge is -2.11. The fourth-order valence-electron chi connectivity index (χ4n) is 1.77. The molecule has 0 heterocycles. The number of rotatable bonds is 2. The highest BCUT2D eigenvalue weighted by Gasteiger charge is 2.06. The third-order valence-electron chi connectivity index (χ3n) is 2.78.